The molecular weight excluding hydrogens is 248 g/mol. The molecule has 20 heavy (non-hydrogen) atoms. The molecule has 0 unspecified atom stereocenters. The largest absolute Gasteiger partial charge is 0.478 e. The lowest BCUT2D eigenvalue weighted by Crippen LogP contribution is -2.22. The Morgan fingerprint density at radius 1 is 1.10 bits per heavy atom. The predicted molar refractivity (Wildman–Crippen MR) is 82.1 cm³/mol. The Morgan fingerprint density at radius 3 is 2.65 bits per heavy atom. The maximum Gasteiger partial charge on any atom is 0.213 e. The van der Waals surface area contributed by atoms with E-state index in [2.05, 4.69) is 47.6 Å². The number of ether oxygens (including phenoxy) is 1. The van der Waals surface area contributed by atoms with Crippen LogP contribution in [0.25, 0.3) is 0 Å². The molecule has 0 amide bonds. The van der Waals surface area contributed by atoms with Gasteiger partial charge in [-0.15, -0.1) is 0 Å². The highest BCUT2D eigenvalue weighted by atomic mass is 16.5. The minimum Gasteiger partial charge on any atom is -0.478 e. The van der Waals surface area contributed by atoms with Gasteiger partial charge in [-0.3, -0.25) is 0 Å². The highest BCUT2D eigenvalue weighted by molar-refractivity contribution is 5.18. The molecule has 0 fully saturated rings. The molecule has 1 aromatic heterocycles. The zero-order valence-electron chi connectivity index (χ0n) is 12.0. The van der Waals surface area contributed by atoms with Crippen LogP contribution in [-0.4, -0.2) is 24.7 Å². The van der Waals surface area contributed by atoms with E-state index in [0.29, 0.717) is 18.4 Å². The fraction of sp³-hybridized carbons (Fsp3) is 0.353. The quantitative estimate of drug-likeness (QED) is 0.748. The molecule has 1 N–H and O–H groups in total. The third-order valence-corrected chi connectivity index (χ3v) is 3.20. The van der Waals surface area contributed by atoms with Crippen molar-refractivity contribution in [3.8, 4) is 5.88 Å². The topological polar surface area (TPSA) is 34.1 Å². The first-order chi connectivity index (χ1) is 9.86. The zero-order valence-corrected chi connectivity index (χ0v) is 12.0. The molecular formula is C17H22N2O. The molecule has 0 bridgehead atoms. The van der Waals surface area contributed by atoms with E-state index in [9.17, 15) is 0 Å². The summed E-state index contributed by atoms with van der Waals surface area (Å²) in [5.41, 5.74) is 1.38. The van der Waals surface area contributed by atoms with Crippen molar-refractivity contribution in [2.45, 2.75) is 19.3 Å². The molecule has 1 aromatic carbocycles. The average molecular weight is 270 g/mol. The van der Waals surface area contributed by atoms with E-state index in [1.54, 1.807) is 6.20 Å². The molecule has 0 saturated heterocycles. The molecule has 0 aliphatic carbocycles. The fourth-order valence-electron chi connectivity index (χ4n) is 2.02. The van der Waals surface area contributed by atoms with Crippen LogP contribution in [-0.2, 0) is 0 Å². The van der Waals surface area contributed by atoms with Crippen LogP contribution >= 0.6 is 0 Å². The van der Waals surface area contributed by atoms with Gasteiger partial charge < -0.3 is 10.1 Å². The van der Waals surface area contributed by atoms with Crippen molar-refractivity contribution in [1.29, 1.82) is 0 Å². The minimum absolute atomic E-state index is 0.535. The number of nitrogens with one attached hydrogen (secondary N) is 1. The molecule has 2 rings (SSSR count). The van der Waals surface area contributed by atoms with E-state index in [0.717, 1.165) is 19.5 Å². The van der Waals surface area contributed by atoms with Crippen molar-refractivity contribution >= 4 is 0 Å². The molecule has 1 heterocycles. The average Bonchev–Trinajstić information content (AvgIpc) is 2.52. The summed E-state index contributed by atoms with van der Waals surface area (Å²) in [5, 5.41) is 3.47. The van der Waals surface area contributed by atoms with E-state index in [1.807, 2.05) is 18.2 Å². The SMILES string of the molecule is C[C@@H](CNCCCOc1ccccn1)c1ccccc1. The summed E-state index contributed by atoms with van der Waals surface area (Å²) < 4.78 is 5.55. The van der Waals surface area contributed by atoms with Crippen LogP contribution in [0.5, 0.6) is 5.88 Å². The van der Waals surface area contributed by atoms with Crippen molar-refractivity contribution in [1.82, 2.24) is 10.3 Å². The van der Waals surface area contributed by atoms with Crippen LogP contribution in [0.15, 0.2) is 54.7 Å². The predicted octanol–water partition coefficient (Wildman–Crippen LogP) is 3.24. The summed E-state index contributed by atoms with van der Waals surface area (Å²) in [4.78, 5) is 4.12. The number of hydrogen-bond donors (Lipinski definition) is 1. The lowest BCUT2D eigenvalue weighted by molar-refractivity contribution is 0.296. The fourth-order valence-corrected chi connectivity index (χ4v) is 2.02. The lowest BCUT2D eigenvalue weighted by atomic mass is 10.0. The van der Waals surface area contributed by atoms with Gasteiger partial charge in [0.25, 0.3) is 0 Å². The van der Waals surface area contributed by atoms with Crippen molar-refractivity contribution in [3.05, 3.63) is 60.3 Å². The maximum atomic E-state index is 5.55. The van der Waals surface area contributed by atoms with Gasteiger partial charge in [0.15, 0.2) is 0 Å². The second-order valence-electron chi connectivity index (χ2n) is 4.89. The summed E-state index contributed by atoms with van der Waals surface area (Å²) in [6, 6.07) is 16.3. The molecule has 3 heteroatoms. The molecule has 1 atom stereocenters. The maximum absolute atomic E-state index is 5.55. The van der Waals surface area contributed by atoms with Gasteiger partial charge in [-0.2, -0.15) is 0 Å². The molecule has 3 nitrogen and oxygen atoms in total. The zero-order chi connectivity index (χ0) is 14.0. The third kappa shape index (κ3) is 5.02. The summed E-state index contributed by atoms with van der Waals surface area (Å²) in [6.07, 6.45) is 2.73. The van der Waals surface area contributed by atoms with Gasteiger partial charge in [-0.25, -0.2) is 4.98 Å². The van der Waals surface area contributed by atoms with Crippen LogP contribution in [0, 0.1) is 0 Å². The molecule has 0 aliphatic rings. The molecule has 0 spiro atoms. The van der Waals surface area contributed by atoms with Crippen molar-refractivity contribution in [3.63, 3.8) is 0 Å². The normalized spacial score (nSPS) is 12.1. The first-order valence-corrected chi connectivity index (χ1v) is 7.16. The van der Waals surface area contributed by atoms with Gasteiger partial charge in [0, 0.05) is 18.8 Å². The van der Waals surface area contributed by atoms with Gasteiger partial charge in [0.2, 0.25) is 5.88 Å². The smallest absolute Gasteiger partial charge is 0.213 e. The standard InChI is InChI=1S/C17H22N2O/c1-15(16-8-3-2-4-9-16)14-18-11-7-13-20-17-10-5-6-12-19-17/h2-6,8-10,12,15,18H,7,11,13-14H2,1H3/t15-/m0/s1. The summed E-state index contributed by atoms with van der Waals surface area (Å²) in [6.45, 7) is 4.90. The molecule has 0 aliphatic heterocycles. The molecule has 106 valence electrons. The Balaban J connectivity index is 1.56. The van der Waals surface area contributed by atoms with Gasteiger partial charge in [-0.05, 0) is 30.5 Å². The number of rotatable bonds is 8. The van der Waals surface area contributed by atoms with Crippen LogP contribution in [0.3, 0.4) is 0 Å². The van der Waals surface area contributed by atoms with Crippen LogP contribution in [0.4, 0.5) is 0 Å². The van der Waals surface area contributed by atoms with Gasteiger partial charge in [0.1, 0.15) is 0 Å². The van der Waals surface area contributed by atoms with Crippen LogP contribution < -0.4 is 10.1 Å². The van der Waals surface area contributed by atoms with Gasteiger partial charge in [0.05, 0.1) is 6.61 Å². The summed E-state index contributed by atoms with van der Waals surface area (Å²) in [5.74, 6) is 1.23. The van der Waals surface area contributed by atoms with E-state index < -0.39 is 0 Å². The third-order valence-electron chi connectivity index (χ3n) is 3.20. The Hall–Kier alpha value is -1.87. The van der Waals surface area contributed by atoms with Crippen LogP contribution in [0.1, 0.15) is 24.8 Å². The Bertz CT molecular complexity index is 473. The second-order valence-corrected chi connectivity index (χ2v) is 4.89. The van der Waals surface area contributed by atoms with E-state index in [1.165, 1.54) is 5.56 Å². The lowest BCUT2D eigenvalue weighted by Gasteiger charge is -2.13. The van der Waals surface area contributed by atoms with E-state index >= 15 is 0 Å². The first kappa shape index (κ1) is 14.5. The highest BCUT2D eigenvalue weighted by Gasteiger charge is 2.03. The molecule has 0 saturated carbocycles. The van der Waals surface area contributed by atoms with Crippen molar-refractivity contribution < 1.29 is 4.74 Å². The van der Waals surface area contributed by atoms with Crippen molar-refractivity contribution in [2.24, 2.45) is 0 Å². The highest BCUT2D eigenvalue weighted by Crippen LogP contribution is 2.12. The van der Waals surface area contributed by atoms with E-state index in [-0.39, 0.29) is 0 Å². The number of benzene rings is 1. The number of aromatic nitrogens is 1. The van der Waals surface area contributed by atoms with E-state index in [4.69, 9.17) is 4.74 Å². The Kier molecular flexibility index (Phi) is 6.06. The Labute approximate surface area is 121 Å². The Morgan fingerprint density at radius 2 is 1.90 bits per heavy atom. The van der Waals surface area contributed by atoms with Gasteiger partial charge >= 0.3 is 0 Å². The minimum atomic E-state index is 0.535. The summed E-state index contributed by atoms with van der Waals surface area (Å²) >= 11 is 0. The van der Waals surface area contributed by atoms with Gasteiger partial charge in [-0.1, -0.05) is 43.3 Å². The second kappa shape index (κ2) is 8.33. The monoisotopic (exact) mass is 270 g/mol. The number of hydrogen-bond acceptors (Lipinski definition) is 3. The summed E-state index contributed by atoms with van der Waals surface area (Å²) in [7, 11) is 0. The molecule has 2 aromatic rings. The first-order valence-electron chi connectivity index (χ1n) is 7.16. The molecule has 0 radical (unpaired) electrons. The number of nitrogens with zero attached hydrogens (tertiary/aromatic N) is 1. The van der Waals surface area contributed by atoms with Crippen molar-refractivity contribution in [2.75, 3.05) is 19.7 Å². The van der Waals surface area contributed by atoms with Crippen LogP contribution in [0.2, 0.25) is 0 Å². The number of pyridine rings is 1.